The summed E-state index contributed by atoms with van der Waals surface area (Å²) < 4.78 is 63.5. The van der Waals surface area contributed by atoms with Crippen LogP contribution in [0, 0.1) is 0 Å². The second-order valence-corrected chi connectivity index (χ2v) is 7.59. The summed E-state index contributed by atoms with van der Waals surface area (Å²) in [4.78, 5) is 16.0. The molecule has 0 bridgehead atoms. The predicted molar refractivity (Wildman–Crippen MR) is 92.1 cm³/mol. The number of carbonyl (C=O) groups excluding carboxylic acids is 1. The fourth-order valence-corrected chi connectivity index (χ4v) is 2.79. The van der Waals surface area contributed by atoms with Gasteiger partial charge in [0.15, 0.2) is 0 Å². The summed E-state index contributed by atoms with van der Waals surface area (Å²) >= 11 is 11.5. The second kappa shape index (κ2) is 7.29. The minimum atomic E-state index is -4.70. The summed E-state index contributed by atoms with van der Waals surface area (Å²) in [7, 11) is -3.81. The minimum absolute atomic E-state index is 0.0573. The number of hydrogen-bond donors (Lipinski definition) is 2. The van der Waals surface area contributed by atoms with E-state index in [2.05, 4.69) is 10.3 Å². The number of alkyl halides is 3. The molecule has 1 aromatic carbocycles. The van der Waals surface area contributed by atoms with E-state index in [0.717, 1.165) is 12.3 Å². The first-order valence-electron chi connectivity index (χ1n) is 6.69. The molecule has 6 nitrogen and oxygen atoms in total. The van der Waals surface area contributed by atoms with Crippen molar-refractivity contribution < 1.29 is 26.4 Å². The van der Waals surface area contributed by atoms with Gasteiger partial charge in [-0.05, 0) is 30.3 Å². The number of nitrogens with one attached hydrogen (secondary N) is 2. The first-order valence-corrected chi connectivity index (χ1v) is 9.34. The molecule has 0 aliphatic rings. The number of sulfonamides is 1. The standard InChI is InChI=1S/C14H10Cl2F3N3O3S/c1-26(24,25)22-9-4-2-7(14(17,18)19)6-10(9)20-13(23)12-8(15)3-5-11(16)21-12/h2-6,22H,1H3,(H,20,23). The highest BCUT2D eigenvalue weighted by Crippen LogP contribution is 2.34. The second-order valence-electron chi connectivity index (χ2n) is 5.05. The van der Waals surface area contributed by atoms with Gasteiger partial charge in [0.05, 0.1) is 28.2 Å². The Labute approximate surface area is 156 Å². The lowest BCUT2D eigenvalue weighted by molar-refractivity contribution is -0.137. The maximum atomic E-state index is 12.9. The largest absolute Gasteiger partial charge is 0.416 e. The van der Waals surface area contributed by atoms with Crippen molar-refractivity contribution in [1.82, 2.24) is 4.98 Å². The molecule has 0 radical (unpaired) electrons. The van der Waals surface area contributed by atoms with Gasteiger partial charge in [0.1, 0.15) is 10.8 Å². The van der Waals surface area contributed by atoms with Crippen LogP contribution in [0.25, 0.3) is 0 Å². The van der Waals surface area contributed by atoms with Crippen LogP contribution in [0.4, 0.5) is 24.5 Å². The molecular formula is C14H10Cl2F3N3O3S. The predicted octanol–water partition coefficient (Wildman–Crippen LogP) is 4.03. The van der Waals surface area contributed by atoms with Gasteiger partial charge in [-0.2, -0.15) is 13.2 Å². The van der Waals surface area contributed by atoms with E-state index < -0.39 is 33.4 Å². The Balaban J connectivity index is 2.47. The number of pyridine rings is 1. The monoisotopic (exact) mass is 427 g/mol. The van der Waals surface area contributed by atoms with Crippen LogP contribution in [-0.2, 0) is 16.2 Å². The number of hydrogen-bond acceptors (Lipinski definition) is 4. The maximum absolute atomic E-state index is 12.9. The van der Waals surface area contributed by atoms with Crippen molar-refractivity contribution in [2.45, 2.75) is 6.18 Å². The molecule has 2 rings (SSSR count). The molecule has 0 fully saturated rings. The van der Waals surface area contributed by atoms with Crippen LogP contribution in [0.1, 0.15) is 16.1 Å². The average Bonchev–Trinajstić information content (AvgIpc) is 2.48. The summed E-state index contributed by atoms with van der Waals surface area (Å²) in [5.74, 6) is -0.964. The molecule has 0 spiro atoms. The summed E-state index contributed by atoms with van der Waals surface area (Å²) in [6.45, 7) is 0. The molecule has 2 N–H and O–H groups in total. The van der Waals surface area contributed by atoms with Crippen LogP contribution in [-0.4, -0.2) is 25.6 Å². The number of aromatic nitrogens is 1. The van der Waals surface area contributed by atoms with Gasteiger partial charge in [0.2, 0.25) is 10.0 Å². The summed E-state index contributed by atoms with van der Waals surface area (Å²) in [6.07, 6.45) is -3.89. The number of carbonyl (C=O) groups is 1. The Morgan fingerprint density at radius 1 is 1.12 bits per heavy atom. The van der Waals surface area contributed by atoms with Crippen LogP contribution in [0.2, 0.25) is 10.2 Å². The van der Waals surface area contributed by atoms with Crippen molar-refractivity contribution in [1.29, 1.82) is 0 Å². The topological polar surface area (TPSA) is 88.2 Å². The van der Waals surface area contributed by atoms with Crippen molar-refractivity contribution in [3.8, 4) is 0 Å². The molecule has 26 heavy (non-hydrogen) atoms. The number of rotatable bonds is 4. The van der Waals surface area contributed by atoms with E-state index in [9.17, 15) is 26.4 Å². The van der Waals surface area contributed by atoms with Gasteiger partial charge in [-0.1, -0.05) is 23.2 Å². The van der Waals surface area contributed by atoms with Gasteiger partial charge >= 0.3 is 6.18 Å². The zero-order valence-electron chi connectivity index (χ0n) is 12.9. The van der Waals surface area contributed by atoms with Crippen LogP contribution in [0.3, 0.4) is 0 Å². The number of anilines is 2. The fourth-order valence-electron chi connectivity index (χ4n) is 1.87. The molecule has 0 saturated heterocycles. The van der Waals surface area contributed by atoms with Crippen molar-refractivity contribution in [2.75, 3.05) is 16.3 Å². The van der Waals surface area contributed by atoms with Gasteiger partial charge in [-0.3, -0.25) is 9.52 Å². The third-order valence-electron chi connectivity index (χ3n) is 2.92. The van der Waals surface area contributed by atoms with Crippen molar-refractivity contribution in [3.05, 3.63) is 51.8 Å². The third-order valence-corrected chi connectivity index (χ3v) is 4.02. The molecule has 0 aliphatic carbocycles. The molecule has 1 aromatic heterocycles. The lowest BCUT2D eigenvalue weighted by atomic mass is 10.1. The zero-order valence-corrected chi connectivity index (χ0v) is 15.2. The van der Waals surface area contributed by atoms with Crippen LogP contribution in [0.5, 0.6) is 0 Å². The molecule has 1 amide bonds. The number of benzene rings is 1. The van der Waals surface area contributed by atoms with Gasteiger partial charge in [-0.25, -0.2) is 13.4 Å². The molecule has 0 atom stereocenters. The first-order chi connectivity index (χ1) is 11.9. The van der Waals surface area contributed by atoms with Gasteiger partial charge in [0.25, 0.3) is 5.91 Å². The Morgan fingerprint density at radius 2 is 1.77 bits per heavy atom. The van der Waals surface area contributed by atoms with E-state index in [4.69, 9.17) is 23.2 Å². The highest BCUT2D eigenvalue weighted by molar-refractivity contribution is 7.92. The van der Waals surface area contributed by atoms with E-state index in [1.165, 1.54) is 12.1 Å². The highest BCUT2D eigenvalue weighted by Gasteiger charge is 2.31. The van der Waals surface area contributed by atoms with Crippen LogP contribution >= 0.6 is 23.2 Å². The Hall–Kier alpha value is -2.04. The maximum Gasteiger partial charge on any atom is 0.416 e. The first kappa shape index (κ1) is 20.3. The molecule has 1 heterocycles. The van der Waals surface area contributed by atoms with E-state index >= 15 is 0 Å². The van der Waals surface area contributed by atoms with Crippen molar-refractivity contribution in [2.24, 2.45) is 0 Å². The van der Waals surface area contributed by atoms with E-state index in [-0.39, 0.29) is 21.6 Å². The molecule has 140 valence electrons. The summed E-state index contributed by atoms with van der Waals surface area (Å²) in [5, 5.41) is 2.01. The lowest BCUT2D eigenvalue weighted by Gasteiger charge is -2.15. The number of amides is 1. The van der Waals surface area contributed by atoms with E-state index in [1.807, 2.05) is 4.72 Å². The summed E-state index contributed by atoms with van der Waals surface area (Å²) in [5.41, 5.74) is -2.10. The van der Waals surface area contributed by atoms with Crippen molar-refractivity contribution in [3.63, 3.8) is 0 Å². The van der Waals surface area contributed by atoms with E-state index in [1.54, 1.807) is 0 Å². The smallest absolute Gasteiger partial charge is 0.319 e. The molecular weight excluding hydrogens is 418 g/mol. The SMILES string of the molecule is CS(=O)(=O)Nc1ccc(C(F)(F)F)cc1NC(=O)c1nc(Cl)ccc1Cl. The van der Waals surface area contributed by atoms with Crippen LogP contribution in [0.15, 0.2) is 30.3 Å². The van der Waals surface area contributed by atoms with Gasteiger partial charge in [-0.15, -0.1) is 0 Å². The normalized spacial score (nSPS) is 11.9. The Morgan fingerprint density at radius 3 is 2.35 bits per heavy atom. The van der Waals surface area contributed by atoms with Gasteiger partial charge < -0.3 is 5.32 Å². The summed E-state index contributed by atoms with van der Waals surface area (Å²) in [6, 6.07) is 4.75. The molecule has 0 unspecified atom stereocenters. The van der Waals surface area contributed by atoms with Crippen molar-refractivity contribution >= 4 is 50.5 Å². The number of nitrogens with zero attached hydrogens (tertiary/aromatic N) is 1. The third kappa shape index (κ3) is 5.23. The quantitative estimate of drug-likeness (QED) is 0.720. The minimum Gasteiger partial charge on any atom is -0.319 e. The highest BCUT2D eigenvalue weighted by atomic mass is 35.5. The average molecular weight is 428 g/mol. The molecule has 12 heteroatoms. The lowest BCUT2D eigenvalue weighted by Crippen LogP contribution is -2.18. The zero-order chi connectivity index (χ0) is 19.7. The Bertz CT molecular complexity index is 966. The molecule has 0 aliphatic heterocycles. The van der Waals surface area contributed by atoms with Gasteiger partial charge in [0, 0.05) is 0 Å². The Kier molecular flexibility index (Phi) is 5.69. The van der Waals surface area contributed by atoms with E-state index in [0.29, 0.717) is 12.1 Å². The van der Waals surface area contributed by atoms with Crippen LogP contribution < -0.4 is 10.0 Å². The molecule has 0 saturated carbocycles. The molecule has 2 aromatic rings. The number of halogens is 5. The fraction of sp³-hybridized carbons (Fsp3) is 0.143.